The summed E-state index contributed by atoms with van der Waals surface area (Å²) < 4.78 is 1.07. The van der Waals surface area contributed by atoms with Crippen LogP contribution >= 0.6 is 15.9 Å². The molecule has 1 aliphatic rings. The minimum atomic E-state index is 0.309. The number of rotatable bonds is 3. The van der Waals surface area contributed by atoms with Crippen molar-refractivity contribution in [3.63, 3.8) is 0 Å². The maximum Gasteiger partial charge on any atom is 0.140 e. The normalized spacial score (nSPS) is 24.6. The second-order valence-electron chi connectivity index (χ2n) is 4.78. The van der Waals surface area contributed by atoms with Gasteiger partial charge in [0.15, 0.2) is 0 Å². The highest BCUT2D eigenvalue weighted by Crippen LogP contribution is 2.32. The fraction of sp³-hybridized carbons (Fsp3) is 0.500. The van der Waals surface area contributed by atoms with Crippen molar-refractivity contribution in [3.8, 4) is 0 Å². The van der Waals surface area contributed by atoms with E-state index in [1.807, 2.05) is 24.3 Å². The molecule has 1 aliphatic carbocycles. The molecule has 2 unspecified atom stereocenters. The van der Waals surface area contributed by atoms with Gasteiger partial charge in [-0.2, -0.15) is 0 Å². The third-order valence-electron chi connectivity index (χ3n) is 3.57. The smallest absolute Gasteiger partial charge is 0.140 e. The summed E-state index contributed by atoms with van der Waals surface area (Å²) in [5.41, 5.74) is 1.13. The molecule has 1 saturated carbocycles. The molecule has 1 nitrogen and oxygen atoms in total. The van der Waals surface area contributed by atoms with Gasteiger partial charge in [-0.25, -0.2) is 0 Å². The molecule has 0 amide bonds. The second kappa shape index (κ2) is 5.13. The van der Waals surface area contributed by atoms with Gasteiger partial charge >= 0.3 is 0 Å². The van der Waals surface area contributed by atoms with Gasteiger partial charge in [-0.3, -0.25) is 4.79 Å². The molecule has 0 bridgehead atoms. The fourth-order valence-electron chi connectivity index (χ4n) is 2.56. The molecule has 1 aromatic rings. The first-order valence-electron chi connectivity index (χ1n) is 5.94. The first-order chi connectivity index (χ1) is 7.66. The lowest BCUT2D eigenvalue weighted by Gasteiger charge is -2.13. The predicted octanol–water partition coefficient (Wildman–Crippen LogP) is 4.00. The van der Waals surface area contributed by atoms with Gasteiger partial charge in [0.1, 0.15) is 5.78 Å². The molecular formula is C14H17BrO. The van der Waals surface area contributed by atoms with Crippen molar-refractivity contribution < 1.29 is 4.79 Å². The molecule has 0 heterocycles. The summed E-state index contributed by atoms with van der Waals surface area (Å²) in [6.45, 7) is 2.21. The topological polar surface area (TPSA) is 17.1 Å². The van der Waals surface area contributed by atoms with Crippen molar-refractivity contribution in [1.29, 1.82) is 0 Å². The largest absolute Gasteiger partial charge is 0.299 e. The van der Waals surface area contributed by atoms with Gasteiger partial charge in [0.2, 0.25) is 0 Å². The molecule has 2 rings (SSSR count). The lowest BCUT2D eigenvalue weighted by molar-refractivity contribution is -0.123. The van der Waals surface area contributed by atoms with E-state index in [-0.39, 0.29) is 0 Å². The van der Waals surface area contributed by atoms with Gasteiger partial charge in [0.25, 0.3) is 0 Å². The zero-order valence-electron chi connectivity index (χ0n) is 9.58. The number of halogens is 1. The van der Waals surface area contributed by atoms with E-state index in [1.54, 1.807) is 0 Å². The molecule has 1 fully saturated rings. The van der Waals surface area contributed by atoms with E-state index >= 15 is 0 Å². The van der Waals surface area contributed by atoms with E-state index in [4.69, 9.17) is 0 Å². The maximum atomic E-state index is 12.1. The fourth-order valence-corrected chi connectivity index (χ4v) is 2.82. The Balaban J connectivity index is 1.99. The summed E-state index contributed by atoms with van der Waals surface area (Å²) in [6, 6.07) is 8.06. The maximum absolute atomic E-state index is 12.1. The van der Waals surface area contributed by atoms with Crippen molar-refractivity contribution >= 4 is 21.7 Å². The Morgan fingerprint density at radius 1 is 1.31 bits per heavy atom. The molecule has 0 aromatic heterocycles. The average Bonchev–Trinajstić information content (AvgIpc) is 2.68. The first-order valence-corrected chi connectivity index (χ1v) is 6.73. The standard InChI is InChI=1S/C14H17BrO/c1-10-3-2-4-13(10)14(16)9-11-5-7-12(15)8-6-11/h5-8,10,13H,2-4,9H2,1H3. The van der Waals surface area contributed by atoms with Crippen LogP contribution in [0, 0.1) is 11.8 Å². The minimum Gasteiger partial charge on any atom is -0.299 e. The highest BCUT2D eigenvalue weighted by molar-refractivity contribution is 9.10. The van der Waals surface area contributed by atoms with E-state index < -0.39 is 0 Å². The Hall–Kier alpha value is -0.630. The summed E-state index contributed by atoms with van der Waals surface area (Å²) in [6.07, 6.45) is 4.13. The first kappa shape index (κ1) is 11.8. The van der Waals surface area contributed by atoms with Gasteiger partial charge in [0.05, 0.1) is 0 Å². The molecule has 0 spiro atoms. The number of Topliss-reactive ketones (excluding diaryl/α,β-unsaturated/α-hetero) is 1. The Morgan fingerprint density at radius 2 is 2.00 bits per heavy atom. The van der Waals surface area contributed by atoms with E-state index in [1.165, 1.54) is 12.8 Å². The number of carbonyl (C=O) groups excluding carboxylic acids is 1. The predicted molar refractivity (Wildman–Crippen MR) is 69.4 cm³/mol. The highest BCUT2D eigenvalue weighted by Gasteiger charge is 2.29. The Labute approximate surface area is 105 Å². The van der Waals surface area contributed by atoms with Crippen LogP contribution in [0.25, 0.3) is 0 Å². The third kappa shape index (κ3) is 2.73. The quantitative estimate of drug-likeness (QED) is 0.818. The van der Waals surface area contributed by atoms with E-state index in [0.29, 0.717) is 24.0 Å². The lowest BCUT2D eigenvalue weighted by Crippen LogP contribution is -2.18. The molecule has 0 radical (unpaired) electrons. The van der Waals surface area contributed by atoms with Crippen molar-refractivity contribution in [2.24, 2.45) is 11.8 Å². The van der Waals surface area contributed by atoms with Gasteiger partial charge in [-0.15, -0.1) is 0 Å². The second-order valence-corrected chi connectivity index (χ2v) is 5.70. The van der Waals surface area contributed by atoms with Crippen LogP contribution < -0.4 is 0 Å². The molecule has 2 atom stereocenters. The van der Waals surface area contributed by atoms with Crippen LogP contribution in [0.2, 0.25) is 0 Å². The van der Waals surface area contributed by atoms with Crippen LogP contribution in [0.4, 0.5) is 0 Å². The average molecular weight is 281 g/mol. The third-order valence-corrected chi connectivity index (χ3v) is 4.10. The number of ketones is 1. The van der Waals surface area contributed by atoms with E-state index in [0.717, 1.165) is 16.5 Å². The Kier molecular flexibility index (Phi) is 3.80. The van der Waals surface area contributed by atoms with Crippen LogP contribution in [-0.2, 0) is 11.2 Å². The zero-order chi connectivity index (χ0) is 11.5. The van der Waals surface area contributed by atoms with Crippen LogP contribution in [-0.4, -0.2) is 5.78 Å². The van der Waals surface area contributed by atoms with Crippen LogP contribution in [0.1, 0.15) is 31.7 Å². The number of hydrogen-bond acceptors (Lipinski definition) is 1. The SMILES string of the molecule is CC1CCCC1C(=O)Cc1ccc(Br)cc1. The zero-order valence-corrected chi connectivity index (χ0v) is 11.2. The Morgan fingerprint density at radius 3 is 2.56 bits per heavy atom. The van der Waals surface area contributed by atoms with Gasteiger partial charge in [0, 0.05) is 16.8 Å². The molecule has 2 heteroatoms. The van der Waals surface area contributed by atoms with Crippen molar-refractivity contribution in [3.05, 3.63) is 34.3 Å². The number of carbonyl (C=O) groups is 1. The summed E-state index contributed by atoms with van der Waals surface area (Å²) >= 11 is 3.40. The van der Waals surface area contributed by atoms with E-state index in [2.05, 4.69) is 22.9 Å². The van der Waals surface area contributed by atoms with Gasteiger partial charge in [-0.1, -0.05) is 41.4 Å². The van der Waals surface area contributed by atoms with E-state index in [9.17, 15) is 4.79 Å². The molecule has 0 aliphatic heterocycles. The molecule has 0 N–H and O–H groups in total. The van der Waals surface area contributed by atoms with Crippen LogP contribution in [0.15, 0.2) is 28.7 Å². The molecule has 1 aromatic carbocycles. The van der Waals surface area contributed by atoms with Crippen LogP contribution in [0.5, 0.6) is 0 Å². The molecule has 16 heavy (non-hydrogen) atoms. The van der Waals surface area contributed by atoms with Crippen molar-refractivity contribution in [2.75, 3.05) is 0 Å². The monoisotopic (exact) mass is 280 g/mol. The Bertz CT molecular complexity index is 369. The van der Waals surface area contributed by atoms with Crippen molar-refractivity contribution in [2.45, 2.75) is 32.6 Å². The van der Waals surface area contributed by atoms with Gasteiger partial charge in [-0.05, 0) is 36.5 Å². The van der Waals surface area contributed by atoms with Crippen molar-refractivity contribution in [1.82, 2.24) is 0 Å². The summed E-state index contributed by atoms with van der Waals surface area (Å²) in [7, 11) is 0. The number of hydrogen-bond donors (Lipinski definition) is 0. The minimum absolute atomic E-state index is 0.309. The lowest BCUT2D eigenvalue weighted by atomic mass is 9.90. The molecular weight excluding hydrogens is 264 g/mol. The number of benzene rings is 1. The summed E-state index contributed by atoms with van der Waals surface area (Å²) in [5.74, 6) is 1.32. The van der Waals surface area contributed by atoms with Crippen LogP contribution in [0.3, 0.4) is 0 Å². The van der Waals surface area contributed by atoms with Gasteiger partial charge < -0.3 is 0 Å². The summed E-state index contributed by atoms with van der Waals surface area (Å²) in [5, 5.41) is 0. The molecule has 86 valence electrons. The molecule has 0 saturated heterocycles. The summed E-state index contributed by atoms with van der Waals surface area (Å²) in [4.78, 5) is 12.1. The highest BCUT2D eigenvalue weighted by atomic mass is 79.9.